The Morgan fingerprint density at radius 1 is 1.39 bits per heavy atom. The smallest absolute Gasteiger partial charge is 0.168 e. The molecule has 0 N–H and O–H groups in total. The molecule has 0 aliphatic heterocycles. The van der Waals surface area contributed by atoms with Gasteiger partial charge in [0.15, 0.2) is 5.78 Å². The zero-order chi connectivity index (χ0) is 13.5. The van der Waals surface area contributed by atoms with Gasteiger partial charge in [-0.1, -0.05) is 27.7 Å². The van der Waals surface area contributed by atoms with E-state index in [-0.39, 0.29) is 11.7 Å². The van der Waals surface area contributed by atoms with Crippen molar-refractivity contribution in [2.24, 2.45) is 11.8 Å². The third kappa shape index (κ3) is 4.75. The number of hydrogen-bond acceptors (Lipinski definition) is 2. The fourth-order valence-electron chi connectivity index (χ4n) is 1.55. The number of aromatic nitrogens is 2. The Morgan fingerprint density at radius 2 is 2.11 bits per heavy atom. The Bertz CT molecular complexity index is 447. The first-order valence-corrected chi connectivity index (χ1v) is 6.55. The van der Waals surface area contributed by atoms with Gasteiger partial charge < -0.3 is 0 Å². The molecule has 0 spiro atoms. The summed E-state index contributed by atoms with van der Waals surface area (Å²) >= 11 is 0. The Morgan fingerprint density at radius 3 is 2.72 bits per heavy atom. The predicted molar refractivity (Wildman–Crippen MR) is 73.2 cm³/mol. The highest BCUT2D eigenvalue weighted by molar-refractivity contribution is 5.96. The van der Waals surface area contributed by atoms with Crippen LogP contribution in [0.2, 0.25) is 0 Å². The lowest BCUT2D eigenvalue weighted by atomic mass is 10.1. The zero-order valence-electron chi connectivity index (χ0n) is 11.7. The Kier molecular flexibility index (Phi) is 5.64. The van der Waals surface area contributed by atoms with E-state index in [1.165, 1.54) is 0 Å². The SMILES string of the molecule is CC(C)C#CCCCn1cc(C(=O)C(C)C)cn1. The molecule has 0 radical (unpaired) electrons. The lowest BCUT2D eigenvalue weighted by Gasteiger charge is -2.00. The van der Waals surface area contributed by atoms with E-state index >= 15 is 0 Å². The summed E-state index contributed by atoms with van der Waals surface area (Å²) in [7, 11) is 0. The average molecular weight is 246 g/mol. The van der Waals surface area contributed by atoms with Gasteiger partial charge in [0.2, 0.25) is 0 Å². The molecular formula is C15H22N2O. The number of carbonyl (C=O) groups is 1. The van der Waals surface area contributed by atoms with Crippen LogP contribution < -0.4 is 0 Å². The van der Waals surface area contributed by atoms with Crippen LogP contribution in [-0.2, 0) is 6.54 Å². The van der Waals surface area contributed by atoms with Gasteiger partial charge in [0.25, 0.3) is 0 Å². The summed E-state index contributed by atoms with van der Waals surface area (Å²) in [6.45, 7) is 8.80. The molecule has 0 aliphatic rings. The summed E-state index contributed by atoms with van der Waals surface area (Å²) in [4.78, 5) is 11.7. The molecule has 0 unspecified atom stereocenters. The van der Waals surface area contributed by atoms with E-state index in [4.69, 9.17) is 0 Å². The van der Waals surface area contributed by atoms with E-state index < -0.39 is 0 Å². The number of ketones is 1. The molecule has 0 atom stereocenters. The number of carbonyl (C=O) groups excluding carboxylic acids is 1. The van der Waals surface area contributed by atoms with Gasteiger partial charge >= 0.3 is 0 Å². The predicted octanol–water partition coefficient (Wildman–Crippen LogP) is 3.16. The van der Waals surface area contributed by atoms with Crippen molar-refractivity contribution >= 4 is 5.78 Å². The molecule has 3 heteroatoms. The highest BCUT2D eigenvalue weighted by atomic mass is 16.1. The largest absolute Gasteiger partial charge is 0.294 e. The molecule has 1 rings (SSSR count). The lowest BCUT2D eigenvalue weighted by molar-refractivity contribution is 0.0939. The highest BCUT2D eigenvalue weighted by Crippen LogP contribution is 2.07. The monoisotopic (exact) mass is 246 g/mol. The maximum atomic E-state index is 11.7. The minimum absolute atomic E-state index is 0.0274. The van der Waals surface area contributed by atoms with Crippen molar-refractivity contribution < 1.29 is 4.79 Å². The summed E-state index contributed by atoms with van der Waals surface area (Å²) in [6, 6.07) is 0. The van der Waals surface area contributed by atoms with Crippen LogP contribution in [0.25, 0.3) is 0 Å². The van der Waals surface area contributed by atoms with E-state index in [0.717, 1.165) is 19.4 Å². The Balaban J connectivity index is 2.41. The van der Waals surface area contributed by atoms with Crippen molar-refractivity contribution in [1.82, 2.24) is 9.78 Å². The van der Waals surface area contributed by atoms with E-state index in [9.17, 15) is 4.79 Å². The number of rotatable bonds is 5. The summed E-state index contributed by atoms with van der Waals surface area (Å²) in [6.07, 6.45) is 5.34. The number of unbranched alkanes of at least 4 members (excludes halogenated alkanes) is 1. The third-order valence-corrected chi connectivity index (χ3v) is 2.52. The third-order valence-electron chi connectivity index (χ3n) is 2.52. The summed E-state index contributed by atoms with van der Waals surface area (Å²) in [5.41, 5.74) is 0.707. The first-order valence-electron chi connectivity index (χ1n) is 6.55. The molecule has 1 aromatic rings. The standard InChI is InChI=1S/C15H22N2O/c1-12(2)8-6-5-7-9-17-11-14(10-16-17)15(18)13(3)4/h10-13H,5,7,9H2,1-4H3. The molecule has 1 aromatic heterocycles. The van der Waals surface area contributed by atoms with Crippen molar-refractivity contribution in [3.8, 4) is 11.8 Å². The van der Waals surface area contributed by atoms with Crippen LogP contribution in [0.15, 0.2) is 12.4 Å². The molecule has 18 heavy (non-hydrogen) atoms. The van der Waals surface area contributed by atoms with Crippen LogP contribution in [0.1, 0.15) is 50.9 Å². The number of hydrogen-bond donors (Lipinski definition) is 0. The van der Waals surface area contributed by atoms with Crippen molar-refractivity contribution in [2.45, 2.75) is 47.1 Å². The maximum Gasteiger partial charge on any atom is 0.168 e. The van der Waals surface area contributed by atoms with Gasteiger partial charge in [-0.15, -0.1) is 11.8 Å². The number of Topliss-reactive ketones (excluding diaryl/α,β-unsaturated/α-hetero) is 1. The first kappa shape index (κ1) is 14.5. The maximum absolute atomic E-state index is 11.7. The molecule has 0 aromatic carbocycles. The topological polar surface area (TPSA) is 34.9 Å². The van der Waals surface area contributed by atoms with Crippen LogP contribution in [0.5, 0.6) is 0 Å². The normalized spacial score (nSPS) is 10.6. The average Bonchev–Trinajstić information content (AvgIpc) is 2.75. The number of nitrogens with zero attached hydrogens (tertiary/aromatic N) is 2. The van der Waals surface area contributed by atoms with Crippen molar-refractivity contribution in [1.29, 1.82) is 0 Å². The Labute approximate surface area is 110 Å². The van der Waals surface area contributed by atoms with Crippen LogP contribution in [0.3, 0.4) is 0 Å². The Hall–Kier alpha value is -1.56. The van der Waals surface area contributed by atoms with Crippen molar-refractivity contribution in [3.63, 3.8) is 0 Å². The molecule has 0 fully saturated rings. The molecule has 0 bridgehead atoms. The quantitative estimate of drug-likeness (QED) is 0.454. The van der Waals surface area contributed by atoms with Gasteiger partial charge in [0.1, 0.15) is 0 Å². The van der Waals surface area contributed by atoms with Crippen molar-refractivity contribution in [2.75, 3.05) is 0 Å². The van der Waals surface area contributed by atoms with E-state index in [0.29, 0.717) is 11.5 Å². The molecule has 98 valence electrons. The van der Waals surface area contributed by atoms with Crippen LogP contribution in [0, 0.1) is 23.7 Å². The minimum Gasteiger partial charge on any atom is -0.294 e. The molecule has 0 amide bonds. The molecule has 0 saturated carbocycles. The van der Waals surface area contributed by atoms with Crippen LogP contribution in [-0.4, -0.2) is 15.6 Å². The van der Waals surface area contributed by atoms with E-state index in [2.05, 4.69) is 30.8 Å². The van der Waals surface area contributed by atoms with E-state index in [1.54, 1.807) is 6.20 Å². The summed E-state index contributed by atoms with van der Waals surface area (Å²) in [5.74, 6) is 6.90. The van der Waals surface area contributed by atoms with Crippen LogP contribution in [0.4, 0.5) is 0 Å². The van der Waals surface area contributed by atoms with Gasteiger partial charge in [-0.25, -0.2) is 0 Å². The summed E-state index contributed by atoms with van der Waals surface area (Å²) in [5, 5.41) is 4.20. The van der Waals surface area contributed by atoms with Crippen molar-refractivity contribution in [3.05, 3.63) is 18.0 Å². The second-order valence-electron chi connectivity index (χ2n) is 5.09. The van der Waals surface area contributed by atoms with Crippen LogP contribution >= 0.6 is 0 Å². The molecule has 3 nitrogen and oxygen atoms in total. The first-order chi connectivity index (χ1) is 8.50. The lowest BCUT2D eigenvalue weighted by Crippen LogP contribution is -2.06. The minimum atomic E-state index is 0.0274. The zero-order valence-corrected chi connectivity index (χ0v) is 11.7. The van der Waals surface area contributed by atoms with Gasteiger partial charge in [-0.05, 0) is 6.42 Å². The molecular weight excluding hydrogens is 224 g/mol. The fraction of sp³-hybridized carbons (Fsp3) is 0.600. The molecule has 0 saturated heterocycles. The van der Waals surface area contributed by atoms with Gasteiger partial charge in [0.05, 0.1) is 11.8 Å². The summed E-state index contributed by atoms with van der Waals surface area (Å²) < 4.78 is 1.83. The van der Waals surface area contributed by atoms with E-state index in [1.807, 2.05) is 24.7 Å². The fourth-order valence-corrected chi connectivity index (χ4v) is 1.55. The van der Waals surface area contributed by atoms with Gasteiger partial charge in [-0.3, -0.25) is 9.48 Å². The molecule has 1 heterocycles. The molecule has 0 aliphatic carbocycles. The van der Waals surface area contributed by atoms with Gasteiger partial charge in [-0.2, -0.15) is 5.10 Å². The second-order valence-corrected chi connectivity index (χ2v) is 5.09. The highest BCUT2D eigenvalue weighted by Gasteiger charge is 2.12. The van der Waals surface area contributed by atoms with Gasteiger partial charge in [0, 0.05) is 31.0 Å². The number of aryl methyl sites for hydroxylation is 1. The second kappa shape index (κ2) is 7.00.